The Balaban J connectivity index is 2.19. The molecule has 0 saturated heterocycles. The van der Waals surface area contributed by atoms with Crippen LogP contribution in [0.3, 0.4) is 0 Å². The number of allylic oxidation sites excluding steroid dienone is 1. The van der Waals surface area contributed by atoms with Crippen molar-refractivity contribution >= 4 is 5.97 Å². The Bertz CT molecular complexity index is 723. The Morgan fingerprint density at radius 2 is 1.46 bits per heavy atom. The van der Waals surface area contributed by atoms with Crippen molar-refractivity contribution in [3.8, 4) is 11.5 Å². The van der Waals surface area contributed by atoms with E-state index in [1.807, 2.05) is 37.3 Å². The summed E-state index contributed by atoms with van der Waals surface area (Å²) in [5.74, 6) is 0.854. The largest absolute Gasteiger partial charge is 0.465 e. The minimum Gasteiger partial charge on any atom is -0.465 e. The van der Waals surface area contributed by atoms with Gasteiger partial charge in [0, 0.05) is 11.5 Å². The molecule has 0 unspecified atom stereocenters. The van der Waals surface area contributed by atoms with Crippen molar-refractivity contribution < 1.29 is 14.3 Å². The first-order valence-electron chi connectivity index (χ1n) is 7.80. The maximum Gasteiger partial charge on any atom is 0.335 e. The molecule has 0 saturated carbocycles. The van der Waals surface area contributed by atoms with E-state index in [0.29, 0.717) is 5.75 Å². The molecule has 0 spiro atoms. The molecule has 0 aliphatic heterocycles. The molecule has 0 atom stereocenters. The predicted octanol–water partition coefficient (Wildman–Crippen LogP) is 5.02. The topological polar surface area (TPSA) is 35.5 Å². The van der Waals surface area contributed by atoms with Gasteiger partial charge in [0.25, 0.3) is 0 Å². The van der Waals surface area contributed by atoms with Gasteiger partial charge in [-0.1, -0.05) is 50.8 Å². The summed E-state index contributed by atoms with van der Waals surface area (Å²) in [5.41, 5.74) is 2.12. The van der Waals surface area contributed by atoms with Crippen LogP contribution in [0.25, 0.3) is 0 Å². The number of hydrogen-bond donors (Lipinski definition) is 0. The molecule has 0 aromatic heterocycles. The summed E-state index contributed by atoms with van der Waals surface area (Å²) in [6.45, 7) is 9.60. The quantitative estimate of drug-likeness (QED) is 0.324. The van der Waals surface area contributed by atoms with E-state index in [9.17, 15) is 4.79 Å². The molecule has 0 radical (unpaired) electrons. The van der Waals surface area contributed by atoms with E-state index < -0.39 is 5.97 Å². The molecule has 0 bridgehead atoms. The normalized spacial score (nSPS) is 11.3. The molecule has 3 nitrogen and oxygen atoms in total. The lowest BCUT2D eigenvalue weighted by molar-refractivity contribution is -0.128. The monoisotopic (exact) mass is 322 g/mol. The molecule has 0 amide bonds. The van der Waals surface area contributed by atoms with Crippen LogP contribution in [0, 0.1) is 0 Å². The summed E-state index contributed by atoms with van der Waals surface area (Å²) < 4.78 is 10.6. The highest BCUT2D eigenvalue weighted by Gasteiger charge is 2.23. The van der Waals surface area contributed by atoms with Gasteiger partial charge < -0.3 is 9.47 Å². The fourth-order valence-electron chi connectivity index (χ4n) is 2.36. The van der Waals surface area contributed by atoms with E-state index in [2.05, 4.69) is 32.6 Å². The fourth-order valence-corrected chi connectivity index (χ4v) is 2.36. The van der Waals surface area contributed by atoms with Gasteiger partial charge in [-0.05, 0) is 42.3 Å². The number of ether oxygens (including phenoxy) is 2. The molecule has 24 heavy (non-hydrogen) atoms. The van der Waals surface area contributed by atoms with E-state index in [1.165, 1.54) is 5.56 Å². The molecule has 3 heteroatoms. The molecule has 0 aliphatic carbocycles. The highest BCUT2D eigenvalue weighted by Crippen LogP contribution is 2.33. The number of benzene rings is 2. The zero-order valence-corrected chi connectivity index (χ0v) is 14.3. The third-order valence-corrected chi connectivity index (χ3v) is 3.88. The summed E-state index contributed by atoms with van der Waals surface area (Å²) in [4.78, 5) is 11.2. The van der Waals surface area contributed by atoms with E-state index in [1.54, 1.807) is 18.4 Å². The van der Waals surface area contributed by atoms with Crippen LogP contribution in [0.2, 0.25) is 0 Å². The highest BCUT2D eigenvalue weighted by atomic mass is 16.5. The minimum atomic E-state index is -0.460. The van der Waals surface area contributed by atoms with Gasteiger partial charge in [-0.15, -0.1) is 0 Å². The van der Waals surface area contributed by atoms with Gasteiger partial charge in [0.1, 0.15) is 11.5 Å². The van der Waals surface area contributed by atoms with Gasteiger partial charge >= 0.3 is 5.97 Å². The SMILES string of the molecule is C=CC(=O)Oc1ccc(C(C)(C)c2ccc(OC=CC)cc2)cc1. The molecular weight excluding hydrogens is 300 g/mol. The Hall–Kier alpha value is -2.81. The van der Waals surface area contributed by atoms with Crippen LogP contribution in [0.1, 0.15) is 31.9 Å². The second-order valence-corrected chi connectivity index (χ2v) is 5.89. The Morgan fingerprint density at radius 1 is 0.958 bits per heavy atom. The number of esters is 1. The third-order valence-electron chi connectivity index (χ3n) is 3.88. The Morgan fingerprint density at radius 3 is 1.92 bits per heavy atom. The molecular formula is C21H22O3. The number of carbonyl (C=O) groups excluding carboxylic acids is 1. The first-order valence-corrected chi connectivity index (χ1v) is 7.80. The van der Waals surface area contributed by atoms with Crippen LogP contribution < -0.4 is 9.47 Å². The van der Waals surface area contributed by atoms with Crippen LogP contribution in [-0.4, -0.2) is 5.97 Å². The standard InChI is InChI=1S/C21H22O3/c1-5-15-23-18-11-7-16(8-12-18)21(3,4)17-9-13-19(14-10-17)24-20(22)6-2/h5-15H,2H2,1,3-4H3. The van der Waals surface area contributed by atoms with E-state index in [4.69, 9.17) is 9.47 Å². The zero-order valence-electron chi connectivity index (χ0n) is 14.3. The summed E-state index contributed by atoms with van der Waals surface area (Å²) in [7, 11) is 0. The van der Waals surface area contributed by atoms with Crippen molar-refractivity contribution in [1.29, 1.82) is 0 Å². The smallest absolute Gasteiger partial charge is 0.335 e. The molecule has 2 rings (SSSR count). The lowest BCUT2D eigenvalue weighted by Gasteiger charge is -2.26. The fraction of sp³-hybridized carbons (Fsp3) is 0.190. The predicted molar refractivity (Wildman–Crippen MR) is 96.3 cm³/mol. The van der Waals surface area contributed by atoms with E-state index >= 15 is 0 Å². The molecule has 0 N–H and O–H groups in total. The summed E-state index contributed by atoms with van der Waals surface area (Å²) >= 11 is 0. The van der Waals surface area contributed by atoms with E-state index in [-0.39, 0.29) is 5.41 Å². The van der Waals surface area contributed by atoms with Crippen LogP contribution in [0.15, 0.2) is 73.5 Å². The molecule has 124 valence electrons. The van der Waals surface area contributed by atoms with Crippen LogP contribution in [0.4, 0.5) is 0 Å². The van der Waals surface area contributed by atoms with Gasteiger partial charge in [-0.3, -0.25) is 0 Å². The maximum atomic E-state index is 11.2. The minimum absolute atomic E-state index is 0.180. The molecule has 0 aliphatic rings. The van der Waals surface area contributed by atoms with Crippen molar-refractivity contribution in [2.45, 2.75) is 26.2 Å². The number of carbonyl (C=O) groups is 1. The van der Waals surface area contributed by atoms with Crippen LogP contribution >= 0.6 is 0 Å². The first-order chi connectivity index (χ1) is 11.5. The highest BCUT2D eigenvalue weighted by molar-refractivity contribution is 5.83. The molecule has 2 aromatic rings. The van der Waals surface area contributed by atoms with Gasteiger partial charge in [0.05, 0.1) is 6.26 Å². The van der Waals surface area contributed by atoms with Crippen molar-refractivity contribution in [3.63, 3.8) is 0 Å². The number of rotatable bonds is 6. The first kappa shape index (κ1) is 17.5. The second kappa shape index (κ2) is 7.64. The average Bonchev–Trinajstić information content (AvgIpc) is 2.60. The second-order valence-electron chi connectivity index (χ2n) is 5.89. The summed E-state index contributed by atoms with van der Waals surface area (Å²) in [6.07, 6.45) is 4.65. The Kier molecular flexibility index (Phi) is 5.59. The molecule has 2 aromatic carbocycles. The van der Waals surface area contributed by atoms with Gasteiger partial charge in [-0.25, -0.2) is 4.79 Å². The van der Waals surface area contributed by atoms with Crippen LogP contribution in [0.5, 0.6) is 11.5 Å². The Labute approximate surface area is 143 Å². The van der Waals surface area contributed by atoms with Crippen molar-refractivity contribution in [3.05, 3.63) is 84.7 Å². The average molecular weight is 322 g/mol. The summed E-state index contributed by atoms with van der Waals surface area (Å²) in [6, 6.07) is 15.6. The van der Waals surface area contributed by atoms with Crippen molar-refractivity contribution in [1.82, 2.24) is 0 Å². The van der Waals surface area contributed by atoms with Crippen molar-refractivity contribution in [2.24, 2.45) is 0 Å². The lowest BCUT2D eigenvalue weighted by atomic mass is 9.78. The third kappa shape index (κ3) is 4.13. The van der Waals surface area contributed by atoms with Gasteiger partial charge in [0.2, 0.25) is 0 Å². The van der Waals surface area contributed by atoms with Crippen molar-refractivity contribution in [2.75, 3.05) is 0 Å². The van der Waals surface area contributed by atoms with Crippen LogP contribution in [-0.2, 0) is 10.2 Å². The van der Waals surface area contributed by atoms with E-state index in [0.717, 1.165) is 17.4 Å². The number of hydrogen-bond acceptors (Lipinski definition) is 3. The van der Waals surface area contributed by atoms with Gasteiger partial charge in [0.15, 0.2) is 0 Å². The molecule has 0 heterocycles. The van der Waals surface area contributed by atoms with Gasteiger partial charge in [-0.2, -0.15) is 0 Å². The maximum absolute atomic E-state index is 11.2. The summed E-state index contributed by atoms with van der Waals surface area (Å²) in [5, 5.41) is 0. The lowest BCUT2D eigenvalue weighted by Crippen LogP contribution is -2.18. The zero-order chi connectivity index (χ0) is 17.6. The molecule has 0 fully saturated rings.